The van der Waals surface area contributed by atoms with Gasteiger partial charge in [0.15, 0.2) is 5.57 Å². The van der Waals surface area contributed by atoms with E-state index in [1.807, 2.05) is 49.6 Å². The minimum Gasteiger partial charge on any atom is -0.349 e. The highest BCUT2D eigenvalue weighted by Crippen LogP contribution is 2.20. The van der Waals surface area contributed by atoms with Crippen LogP contribution in [0.2, 0.25) is 0 Å². The summed E-state index contributed by atoms with van der Waals surface area (Å²) in [6, 6.07) is 11.5. The van der Waals surface area contributed by atoms with E-state index in [1.54, 1.807) is 0 Å². The number of nitrogens with zero attached hydrogens (tertiary/aromatic N) is 2. The van der Waals surface area contributed by atoms with Crippen LogP contribution in [0.4, 0.5) is 5.69 Å². The van der Waals surface area contributed by atoms with Gasteiger partial charge in [0.05, 0.1) is 0 Å². The first-order valence-corrected chi connectivity index (χ1v) is 5.86. The fourth-order valence-corrected chi connectivity index (χ4v) is 1.71. The van der Waals surface area contributed by atoms with Crippen molar-refractivity contribution in [1.29, 1.82) is 10.5 Å². The SMILES string of the molecule is CSC(Nc1cccc(C)c1)=C(C#N)C#N. The molecule has 0 saturated carbocycles. The zero-order valence-corrected chi connectivity index (χ0v) is 9.93. The maximum atomic E-state index is 8.78. The number of hydrogen-bond acceptors (Lipinski definition) is 4. The zero-order chi connectivity index (χ0) is 12.0. The lowest BCUT2D eigenvalue weighted by Crippen LogP contribution is -1.98. The molecule has 80 valence electrons. The fourth-order valence-electron chi connectivity index (χ4n) is 1.20. The first-order valence-electron chi connectivity index (χ1n) is 4.63. The number of benzene rings is 1. The molecule has 0 aliphatic rings. The normalized spacial score (nSPS) is 8.75. The topological polar surface area (TPSA) is 59.6 Å². The van der Waals surface area contributed by atoms with E-state index in [2.05, 4.69) is 5.32 Å². The summed E-state index contributed by atoms with van der Waals surface area (Å²) in [5, 5.41) is 21.2. The van der Waals surface area contributed by atoms with Gasteiger partial charge >= 0.3 is 0 Å². The van der Waals surface area contributed by atoms with Crippen LogP contribution in [-0.4, -0.2) is 6.26 Å². The number of rotatable bonds is 3. The molecule has 0 aliphatic heterocycles. The van der Waals surface area contributed by atoms with Crippen LogP contribution in [-0.2, 0) is 0 Å². The Morgan fingerprint density at radius 1 is 1.31 bits per heavy atom. The summed E-state index contributed by atoms with van der Waals surface area (Å²) in [4.78, 5) is 0. The molecule has 0 fully saturated rings. The average molecular weight is 229 g/mol. The van der Waals surface area contributed by atoms with Gasteiger partial charge in [-0.1, -0.05) is 12.1 Å². The van der Waals surface area contributed by atoms with Crippen LogP contribution in [0.25, 0.3) is 0 Å². The smallest absolute Gasteiger partial charge is 0.159 e. The van der Waals surface area contributed by atoms with E-state index in [9.17, 15) is 0 Å². The maximum Gasteiger partial charge on any atom is 0.159 e. The second kappa shape index (κ2) is 5.85. The molecule has 0 saturated heterocycles. The average Bonchev–Trinajstić information content (AvgIpc) is 2.29. The lowest BCUT2D eigenvalue weighted by atomic mass is 10.2. The summed E-state index contributed by atoms with van der Waals surface area (Å²) in [7, 11) is 0. The first kappa shape index (κ1) is 12.2. The monoisotopic (exact) mass is 229 g/mol. The second-order valence-corrected chi connectivity index (χ2v) is 3.94. The molecule has 4 heteroatoms. The Bertz CT molecular complexity index is 476. The van der Waals surface area contributed by atoms with Crippen molar-refractivity contribution in [3.8, 4) is 12.1 Å². The van der Waals surface area contributed by atoms with Crippen LogP contribution in [0.5, 0.6) is 0 Å². The van der Waals surface area contributed by atoms with E-state index in [0.717, 1.165) is 11.3 Å². The molecule has 0 heterocycles. The van der Waals surface area contributed by atoms with Gasteiger partial charge in [0, 0.05) is 5.69 Å². The number of hydrogen-bond donors (Lipinski definition) is 1. The highest BCUT2D eigenvalue weighted by molar-refractivity contribution is 8.02. The predicted molar refractivity (Wildman–Crippen MR) is 66.6 cm³/mol. The summed E-state index contributed by atoms with van der Waals surface area (Å²) in [5.74, 6) is 0. The Morgan fingerprint density at radius 3 is 2.50 bits per heavy atom. The Kier molecular flexibility index (Phi) is 4.44. The number of nitriles is 2. The van der Waals surface area contributed by atoms with Gasteiger partial charge in [0.2, 0.25) is 0 Å². The van der Waals surface area contributed by atoms with Crippen LogP contribution in [0, 0.1) is 29.6 Å². The molecule has 0 spiro atoms. The van der Waals surface area contributed by atoms with Crippen LogP contribution in [0.1, 0.15) is 5.56 Å². The highest BCUT2D eigenvalue weighted by atomic mass is 32.2. The quantitative estimate of drug-likeness (QED) is 0.809. The Hall–Kier alpha value is -1.91. The Labute approximate surface area is 99.4 Å². The minimum atomic E-state index is 0.106. The third kappa shape index (κ3) is 3.05. The molecule has 1 aromatic rings. The van der Waals surface area contributed by atoms with E-state index < -0.39 is 0 Å². The third-order valence-electron chi connectivity index (χ3n) is 1.93. The number of allylic oxidation sites excluding steroid dienone is 1. The van der Waals surface area contributed by atoms with Gasteiger partial charge in [-0.05, 0) is 30.9 Å². The van der Waals surface area contributed by atoms with Crippen molar-refractivity contribution in [2.45, 2.75) is 6.92 Å². The standard InChI is InChI=1S/C12H11N3S/c1-9-4-3-5-11(6-9)15-12(16-2)10(7-13)8-14/h3-6,15H,1-2H3. The first-order chi connectivity index (χ1) is 7.71. The van der Waals surface area contributed by atoms with Gasteiger partial charge < -0.3 is 5.32 Å². The van der Waals surface area contributed by atoms with Crippen LogP contribution in [0.15, 0.2) is 34.9 Å². The minimum absolute atomic E-state index is 0.106. The van der Waals surface area contributed by atoms with Gasteiger partial charge in [-0.15, -0.1) is 11.8 Å². The van der Waals surface area contributed by atoms with Crippen LogP contribution < -0.4 is 5.32 Å². The molecule has 1 N–H and O–H groups in total. The van der Waals surface area contributed by atoms with Crippen molar-refractivity contribution in [2.75, 3.05) is 11.6 Å². The summed E-state index contributed by atoms with van der Waals surface area (Å²) in [6.07, 6.45) is 1.83. The summed E-state index contributed by atoms with van der Waals surface area (Å²) < 4.78 is 0. The van der Waals surface area contributed by atoms with E-state index in [-0.39, 0.29) is 5.57 Å². The van der Waals surface area contributed by atoms with Crippen molar-refractivity contribution < 1.29 is 0 Å². The lowest BCUT2D eigenvalue weighted by molar-refractivity contribution is 1.41. The van der Waals surface area contributed by atoms with E-state index in [1.165, 1.54) is 11.8 Å². The summed E-state index contributed by atoms with van der Waals surface area (Å²) >= 11 is 1.35. The molecule has 1 aromatic carbocycles. The number of thioether (sulfide) groups is 1. The molecule has 0 aromatic heterocycles. The molecule has 0 bridgehead atoms. The summed E-state index contributed by atoms with van der Waals surface area (Å²) in [5.41, 5.74) is 2.11. The highest BCUT2D eigenvalue weighted by Gasteiger charge is 2.05. The number of nitrogens with one attached hydrogen (secondary N) is 1. The van der Waals surface area contributed by atoms with Crippen LogP contribution >= 0.6 is 11.8 Å². The van der Waals surface area contributed by atoms with Crippen molar-refractivity contribution in [3.05, 3.63) is 40.4 Å². The van der Waals surface area contributed by atoms with Gasteiger partial charge in [-0.25, -0.2) is 0 Å². The third-order valence-corrected chi connectivity index (χ3v) is 2.65. The summed E-state index contributed by atoms with van der Waals surface area (Å²) in [6.45, 7) is 1.99. The van der Waals surface area contributed by atoms with Crippen LogP contribution in [0.3, 0.4) is 0 Å². The van der Waals surface area contributed by atoms with E-state index in [4.69, 9.17) is 10.5 Å². The number of aryl methyl sites for hydroxylation is 1. The molecule has 3 nitrogen and oxygen atoms in total. The van der Waals surface area contributed by atoms with Gasteiger partial charge in [-0.3, -0.25) is 0 Å². The molecule has 0 atom stereocenters. The molecule has 16 heavy (non-hydrogen) atoms. The Morgan fingerprint density at radius 2 is 2.00 bits per heavy atom. The molecule has 0 amide bonds. The maximum absolute atomic E-state index is 8.78. The van der Waals surface area contributed by atoms with Gasteiger partial charge in [0.1, 0.15) is 17.2 Å². The molecular formula is C12H11N3S. The molecular weight excluding hydrogens is 218 g/mol. The molecule has 1 rings (SSSR count). The molecule has 0 radical (unpaired) electrons. The Balaban J connectivity index is 3.01. The lowest BCUT2D eigenvalue weighted by Gasteiger charge is -2.08. The molecule has 0 unspecified atom stereocenters. The second-order valence-electron chi connectivity index (χ2n) is 3.13. The van der Waals surface area contributed by atoms with Crippen molar-refractivity contribution in [3.63, 3.8) is 0 Å². The van der Waals surface area contributed by atoms with Crippen molar-refractivity contribution >= 4 is 17.4 Å². The predicted octanol–water partition coefficient (Wildman–Crippen LogP) is 3.03. The molecule has 0 aliphatic carbocycles. The van der Waals surface area contributed by atoms with E-state index in [0.29, 0.717) is 5.03 Å². The van der Waals surface area contributed by atoms with Gasteiger partial charge in [-0.2, -0.15) is 10.5 Å². The van der Waals surface area contributed by atoms with E-state index >= 15 is 0 Å². The number of anilines is 1. The van der Waals surface area contributed by atoms with Crippen molar-refractivity contribution in [2.24, 2.45) is 0 Å². The van der Waals surface area contributed by atoms with Gasteiger partial charge in [0.25, 0.3) is 0 Å². The largest absolute Gasteiger partial charge is 0.349 e. The fraction of sp³-hybridized carbons (Fsp3) is 0.167. The van der Waals surface area contributed by atoms with Crippen molar-refractivity contribution in [1.82, 2.24) is 0 Å². The zero-order valence-electron chi connectivity index (χ0n) is 9.11.